The van der Waals surface area contributed by atoms with Crippen LogP contribution >= 0.6 is 0 Å². The van der Waals surface area contributed by atoms with Crippen molar-refractivity contribution in [3.63, 3.8) is 0 Å². The lowest BCUT2D eigenvalue weighted by atomic mass is 9.91. The van der Waals surface area contributed by atoms with Gasteiger partial charge in [0.15, 0.2) is 0 Å². The van der Waals surface area contributed by atoms with E-state index < -0.39 is 10.0 Å². The Labute approximate surface area is 146 Å². The third kappa shape index (κ3) is 4.16. The molecule has 0 aromatic carbocycles. The highest BCUT2D eigenvalue weighted by Crippen LogP contribution is 2.32. The molecule has 24 heavy (non-hydrogen) atoms. The molecule has 1 unspecified atom stereocenters. The SMILES string of the molecule is Cc1ncccc1CN1CCCC(N(C2CCC2)S(C)(=O)=O)CC1. The summed E-state index contributed by atoms with van der Waals surface area (Å²) in [5.74, 6) is 0. The molecule has 2 fully saturated rings. The standard InChI is InChI=1S/C18H29N3O2S/c1-15-16(6-4-11-19-15)14-20-12-5-9-18(10-13-20)21(24(2,22)23)17-7-3-8-17/h4,6,11,17-18H,3,5,7-10,12-14H2,1-2H3. The summed E-state index contributed by atoms with van der Waals surface area (Å²) in [5, 5.41) is 0. The molecule has 5 nitrogen and oxygen atoms in total. The summed E-state index contributed by atoms with van der Waals surface area (Å²) in [6, 6.07) is 4.55. The van der Waals surface area contributed by atoms with E-state index in [0.29, 0.717) is 0 Å². The second-order valence-electron chi connectivity index (χ2n) is 7.29. The highest BCUT2D eigenvalue weighted by Gasteiger charge is 2.37. The van der Waals surface area contributed by atoms with E-state index in [1.165, 1.54) is 11.8 Å². The molecule has 1 saturated heterocycles. The molecular weight excluding hydrogens is 322 g/mol. The number of hydrogen-bond donors (Lipinski definition) is 0. The highest BCUT2D eigenvalue weighted by atomic mass is 32.2. The van der Waals surface area contributed by atoms with Crippen LogP contribution in [0, 0.1) is 6.92 Å². The molecule has 2 heterocycles. The molecule has 1 aliphatic heterocycles. The Balaban J connectivity index is 1.65. The van der Waals surface area contributed by atoms with Gasteiger partial charge in [-0.1, -0.05) is 12.5 Å². The van der Waals surface area contributed by atoms with E-state index in [-0.39, 0.29) is 12.1 Å². The van der Waals surface area contributed by atoms with Crippen molar-refractivity contribution in [2.24, 2.45) is 0 Å². The van der Waals surface area contributed by atoms with Gasteiger partial charge in [-0.05, 0) is 57.2 Å². The average Bonchev–Trinajstić information content (AvgIpc) is 2.69. The fourth-order valence-corrected chi connectivity index (χ4v) is 5.46. The first-order valence-corrected chi connectivity index (χ1v) is 10.9. The van der Waals surface area contributed by atoms with Crippen molar-refractivity contribution >= 4 is 10.0 Å². The van der Waals surface area contributed by atoms with Crippen LogP contribution in [0.4, 0.5) is 0 Å². The maximum atomic E-state index is 12.3. The molecule has 0 amide bonds. The Hall–Kier alpha value is -0.980. The van der Waals surface area contributed by atoms with Crippen molar-refractivity contribution < 1.29 is 8.42 Å². The molecule has 1 aromatic heterocycles. The molecule has 1 saturated carbocycles. The quantitative estimate of drug-likeness (QED) is 0.818. The smallest absolute Gasteiger partial charge is 0.211 e. The lowest BCUT2D eigenvalue weighted by Crippen LogP contribution is -2.49. The van der Waals surface area contributed by atoms with Gasteiger partial charge >= 0.3 is 0 Å². The van der Waals surface area contributed by atoms with Crippen LogP contribution in [-0.2, 0) is 16.6 Å². The van der Waals surface area contributed by atoms with Crippen molar-refractivity contribution in [3.8, 4) is 0 Å². The normalized spacial score (nSPS) is 23.9. The molecule has 0 bridgehead atoms. The van der Waals surface area contributed by atoms with Gasteiger partial charge in [0.2, 0.25) is 10.0 Å². The van der Waals surface area contributed by atoms with Gasteiger partial charge in [-0.2, -0.15) is 4.31 Å². The Morgan fingerprint density at radius 1 is 1.17 bits per heavy atom. The summed E-state index contributed by atoms with van der Waals surface area (Å²) >= 11 is 0. The zero-order valence-electron chi connectivity index (χ0n) is 14.8. The number of pyridine rings is 1. The van der Waals surface area contributed by atoms with Gasteiger partial charge in [-0.25, -0.2) is 8.42 Å². The summed E-state index contributed by atoms with van der Waals surface area (Å²) in [5.41, 5.74) is 2.36. The maximum Gasteiger partial charge on any atom is 0.211 e. The van der Waals surface area contributed by atoms with Crippen molar-refractivity contribution in [2.45, 2.75) is 64.1 Å². The van der Waals surface area contributed by atoms with Crippen LogP contribution in [0.3, 0.4) is 0 Å². The van der Waals surface area contributed by atoms with E-state index in [1.807, 2.05) is 16.6 Å². The maximum absolute atomic E-state index is 12.3. The summed E-state index contributed by atoms with van der Waals surface area (Å²) in [7, 11) is -3.12. The second kappa shape index (κ2) is 7.50. The molecular formula is C18H29N3O2S. The molecule has 1 atom stereocenters. The number of rotatable bonds is 5. The van der Waals surface area contributed by atoms with Crippen molar-refractivity contribution in [3.05, 3.63) is 29.6 Å². The van der Waals surface area contributed by atoms with Gasteiger partial charge < -0.3 is 0 Å². The summed E-state index contributed by atoms with van der Waals surface area (Å²) in [4.78, 5) is 6.82. The van der Waals surface area contributed by atoms with E-state index in [4.69, 9.17) is 0 Å². The minimum atomic E-state index is -3.12. The summed E-state index contributed by atoms with van der Waals surface area (Å²) in [6.07, 6.45) is 9.41. The van der Waals surface area contributed by atoms with Crippen molar-refractivity contribution in [1.29, 1.82) is 0 Å². The number of nitrogens with zero attached hydrogens (tertiary/aromatic N) is 3. The van der Waals surface area contributed by atoms with Gasteiger partial charge in [0.1, 0.15) is 0 Å². The molecule has 6 heteroatoms. The van der Waals surface area contributed by atoms with E-state index >= 15 is 0 Å². The van der Waals surface area contributed by atoms with Crippen LogP contribution in [-0.4, -0.2) is 54.0 Å². The Morgan fingerprint density at radius 3 is 2.50 bits per heavy atom. The number of hydrogen-bond acceptors (Lipinski definition) is 4. The van der Waals surface area contributed by atoms with E-state index in [2.05, 4.69) is 22.9 Å². The number of likely N-dealkylation sites (tertiary alicyclic amines) is 1. The Morgan fingerprint density at radius 2 is 1.88 bits per heavy atom. The minimum absolute atomic E-state index is 0.172. The van der Waals surface area contributed by atoms with Crippen LogP contribution in [0.15, 0.2) is 18.3 Å². The largest absolute Gasteiger partial charge is 0.299 e. The van der Waals surface area contributed by atoms with E-state index in [0.717, 1.165) is 63.9 Å². The van der Waals surface area contributed by atoms with Gasteiger partial charge in [-0.3, -0.25) is 9.88 Å². The summed E-state index contributed by atoms with van der Waals surface area (Å²) < 4.78 is 26.4. The second-order valence-corrected chi connectivity index (χ2v) is 9.17. The highest BCUT2D eigenvalue weighted by molar-refractivity contribution is 7.88. The summed E-state index contributed by atoms with van der Waals surface area (Å²) in [6.45, 7) is 4.96. The van der Waals surface area contributed by atoms with Crippen LogP contribution in [0.2, 0.25) is 0 Å². The van der Waals surface area contributed by atoms with E-state index in [9.17, 15) is 8.42 Å². The molecule has 3 rings (SSSR count). The van der Waals surface area contributed by atoms with Crippen LogP contribution in [0.25, 0.3) is 0 Å². The molecule has 2 aliphatic rings. The van der Waals surface area contributed by atoms with Gasteiger partial charge in [-0.15, -0.1) is 0 Å². The molecule has 0 N–H and O–H groups in total. The predicted molar refractivity (Wildman–Crippen MR) is 96.2 cm³/mol. The molecule has 134 valence electrons. The lowest BCUT2D eigenvalue weighted by molar-refractivity contribution is 0.160. The van der Waals surface area contributed by atoms with Crippen LogP contribution < -0.4 is 0 Å². The first-order chi connectivity index (χ1) is 11.4. The van der Waals surface area contributed by atoms with Crippen molar-refractivity contribution in [2.75, 3.05) is 19.3 Å². The van der Waals surface area contributed by atoms with Crippen LogP contribution in [0.1, 0.15) is 49.8 Å². The third-order valence-corrected chi connectivity index (χ3v) is 6.84. The first-order valence-electron chi connectivity index (χ1n) is 9.06. The lowest BCUT2D eigenvalue weighted by Gasteiger charge is -2.40. The minimum Gasteiger partial charge on any atom is -0.299 e. The fourth-order valence-electron chi connectivity index (χ4n) is 3.96. The predicted octanol–water partition coefficient (Wildman–Crippen LogP) is 2.56. The number of sulfonamides is 1. The number of aryl methyl sites for hydroxylation is 1. The Kier molecular flexibility index (Phi) is 5.57. The van der Waals surface area contributed by atoms with Gasteiger partial charge in [0.05, 0.1) is 6.26 Å². The monoisotopic (exact) mass is 351 g/mol. The molecule has 1 aromatic rings. The van der Waals surface area contributed by atoms with Gasteiger partial charge in [0, 0.05) is 37.1 Å². The Bertz CT molecular complexity index is 658. The van der Waals surface area contributed by atoms with Crippen molar-refractivity contribution in [1.82, 2.24) is 14.2 Å². The topological polar surface area (TPSA) is 53.5 Å². The van der Waals surface area contributed by atoms with Crippen LogP contribution in [0.5, 0.6) is 0 Å². The third-order valence-electron chi connectivity index (χ3n) is 5.48. The average molecular weight is 352 g/mol. The number of aromatic nitrogens is 1. The molecule has 0 radical (unpaired) electrons. The molecule has 0 spiro atoms. The zero-order valence-corrected chi connectivity index (χ0v) is 15.6. The first kappa shape index (κ1) is 17.8. The van der Waals surface area contributed by atoms with Gasteiger partial charge in [0.25, 0.3) is 0 Å². The van der Waals surface area contributed by atoms with E-state index in [1.54, 1.807) is 0 Å². The fraction of sp³-hybridized carbons (Fsp3) is 0.722. The zero-order chi connectivity index (χ0) is 17.2. The molecule has 1 aliphatic carbocycles.